The number of hydrogen-bond acceptors (Lipinski definition) is 2. The topological polar surface area (TPSA) is 47.6 Å². The molecule has 0 unspecified atom stereocenters. The molecule has 0 bridgehead atoms. The van der Waals surface area contributed by atoms with E-state index in [4.69, 9.17) is 10.5 Å². The van der Waals surface area contributed by atoms with E-state index in [9.17, 15) is 0 Å². The zero-order chi connectivity index (χ0) is 3.41. The van der Waals surface area contributed by atoms with Crippen molar-refractivity contribution in [3.8, 4) is 12.1 Å². The molecule has 0 aromatic carbocycles. The fraction of sp³-hybridized carbons (Fsp3) is 0. The van der Waals surface area contributed by atoms with Crippen LogP contribution in [-0.2, 0) is 18.6 Å². The Kier molecular flexibility index (Phi) is 16.9. The fourth-order valence-corrected chi connectivity index (χ4v) is 0. The molecule has 0 saturated carbocycles. The smallest absolute Gasteiger partial charge is 0.181 e. The van der Waals surface area contributed by atoms with Gasteiger partial charge >= 0.3 is 18.6 Å². The second kappa shape index (κ2) is 9.58. The van der Waals surface area contributed by atoms with Gasteiger partial charge in [0.1, 0.15) is 0 Å². The van der Waals surface area contributed by atoms with Gasteiger partial charge in [0.2, 0.25) is 0 Å². The van der Waals surface area contributed by atoms with E-state index >= 15 is 0 Å². The Hall–Kier alpha value is -0.436. The Morgan fingerprint density at radius 3 is 1.20 bits per heavy atom. The maximum atomic E-state index is 7.26. The SMILES string of the molecule is N#CC#N.[V+4]. The van der Waals surface area contributed by atoms with Crippen molar-refractivity contribution < 1.29 is 18.6 Å². The van der Waals surface area contributed by atoms with Crippen LogP contribution in [0.25, 0.3) is 0 Å². The van der Waals surface area contributed by atoms with E-state index in [0.717, 1.165) is 0 Å². The summed E-state index contributed by atoms with van der Waals surface area (Å²) in [6.45, 7) is 0. The average Bonchev–Trinajstić information content (AvgIpc) is 1.37. The van der Waals surface area contributed by atoms with Gasteiger partial charge in [0.05, 0.1) is 0 Å². The summed E-state index contributed by atoms with van der Waals surface area (Å²) in [6.07, 6.45) is 0. The average molecular weight is 103 g/mol. The molecule has 0 fully saturated rings. The van der Waals surface area contributed by atoms with Crippen molar-refractivity contribution in [3.05, 3.63) is 0 Å². The minimum absolute atomic E-state index is 0. The van der Waals surface area contributed by atoms with Gasteiger partial charge in [0, 0.05) is 0 Å². The van der Waals surface area contributed by atoms with Gasteiger partial charge in [-0.2, -0.15) is 10.5 Å². The predicted molar refractivity (Wildman–Crippen MR) is 11.2 cm³/mol. The van der Waals surface area contributed by atoms with Gasteiger partial charge in [0.25, 0.3) is 0 Å². The minimum Gasteiger partial charge on any atom is -0.181 e. The number of rotatable bonds is 0. The predicted octanol–water partition coefficient (Wildman–Crippen LogP) is 0.0311. The van der Waals surface area contributed by atoms with E-state index in [1.54, 1.807) is 0 Å². The molecule has 0 rings (SSSR count). The summed E-state index contributed by atoms with van der Waals surface area (Å²) >= 11 is 0. The molecule has 5 heavy (non-hydrogen) atoms. The van der Waals surface area contributed by atoms with E-state index in [2.05, 4.69) is 0 Å². The van der Waals surface area contributed by atoms with E-state index in [0.29, 0.717) is 0 Å². The van der Waals surface area contributed by atoms with Crippen molar-refractivity contribution in [2.45, 2.75) is 0 Å². The molecule has 0 spiro atoms. The van der Waals surface area contributed by atoms with Crippen LogP contribution in [0, 0.1) is 22.7 Å². The van der Waals surface area contributed by atoms with Crippen LogP contribution in [0.15, 0.2) is 0 Å². The van der Waals surface area contributed by atoms with Gasteiger partial charge < -0.3 is 0 Å². The molecule has 19 valence electrons. The molecule has 0 aromatic heterocycles. The first-order valence-electron chi connectivity index (χ1n) is 0.697. The summed E-state index contributed by atoms with van der Waals surface area (Å²) in [6, 6.07) is 2.47. The van der Waals surface area contributed by atoms with Crippen molar-refractivity contribution in [2.75, 3.05) is 0 Å². The zero-order valence-corrected chi connectivity index (χ0v) is 3.74. The first-order valence-corrected chi connectivity index (χ1v) is 0.697. The molecule has 0 heterocycles. The standard InChI is InChI=1S/C2N2.V/c3-1-2-4;/q;+4. The second-order valence-electron chi connectivity index (χ2n) is 0.224. The molecule has 3 heteroatoms. The maximum absolute atomic E-state index is 7.26. The van der Waals surface area contributed by atoms with Gasteiger partial charge in [-0.05, 0) is 0 Å². The van der Waals surface area contributed by atoms with Crippen LogP contribution in [0.1, 0.15) is 0 Å². The number of nitrogens with zero attached hydrogens (tertiary/aromatic N) is 2. The summed E-state index contributed by atoms with van der Waals surface area (Å²) in [5, 5.41) is 14.5. The monoisotopic (exact) mass is 103 g/mol. The molecular weight excluding hydrogens is 103 g/mol. The van der Waals surface area contributed by atoms with Crippen LogP contribution >= 0.6 is 0 Å². The van der Waals surface area contributed by atoms with Crippen molar-refractivity contribution >= 4 is 0 Å². The third kappa shape index (κ3) is 27.4. The molecule has 0 saturated heterocycles. The molecule has 0 aromatic rings. The quantitative estimate of drug-likeness (QED) is 0.434. The summed E-state index contributed by atoms with van der Waals surface area (Å²) in [5.41, 5.74) is 0. The first kappa shape index (κ1) is 8.82. The first-order chi connectivity index (χ1) is 1.91. The maximum Gasteiger partial charge on any atom is 4.00 e. The van der Waals surface area contributed by atoms with Crippen LogP contribution < -0.4 is 0 Å². The second-order valence-corrected chi connectivity index (χ2v) is 0.224. The van der Waals surface area contributed by atoms with E-state index in [1.807, 2.05) is 0 Å². The van der Waals surface area contributed by atoms with E-state index in [1.165, 1.54) is 12.1 Å². The fourth-order valence-electron chi connectivity index (χ4n) is 0. The van der Waals surface area contributed by atoms with Gasteiger partial charge in [-0.15, -0.1) is 0 Å². The molecule has 0 aliphatic rings. The summed E-state index contributed by atoms with van der Waals surface area (Å²) < 4.78 is 0. The van der Waals surface area contributed by atoms with Crippen LogP contribution in [-0.4, -0.2) is 0 Å². The van der Waals surface area contributed by atoms with Crippen LogP contribution in [0.2, 0.25) is 0 Å². The Morgan fingerprint density at radius 1 is 1.00 bits per heavy atom. The van der Waals surface area contributed by atoms with E-state index in [-0.39, 0.29) is 18.6 Å². The Bertz CT molecular complexity index is 62.6. The van der Waals surface area contributed by atoms with Crippen LogP contribution in [0.4, 0.5) is 0 Å². The van der Waals surface area contributed by atoms with Gasteiger partial charge in [-0.3, -0.25) is 0 Å². The molecule has 0 N–H and O–H groups in total. The summed E-state index contributed by atoms with van der Waals surface area (Å²) in [7, 11) is 0. The zero-order valence-electron chi connectivity index (χ0n) is 2.34. The van der Waals surface area contributed by atoms with Crippen molar-refractivity contribution in [1.82, 2.24) is 0 Å². The van der Waals surface area contributed by atoms with Crippen LogP contribution in [0.3, 0.4) is 0 Å². The third-order valence-electron chi connectivity index (χ3n) is 0.0500. The van der Waals surface area contributed by atoms with Crippen LogP contribution in [0.5, 0.6) is 0 Å². The molecular formula is C2N2V+4. The van der Waals surface area contributed by atoms with Gasteiger partial charge in [-0.25, -0.2) is 0 Å². The van der Waals surface area contributed by atoms with Crippen molar-refractivity contribution in [1.29, 1.82) is 10.5 Å². The number of hydrogen-bond donors (Lipinski definition) is 0. The normalized spacial score (nSPS) is 2.00. The van der Waals surface area contributed by atoms with Gasteiger partial charge in [0.15, 0.2) is 12.1 Å². The molecule has 2 nitrogen and oxygen atoms in total. The minimum atomic E-state index is 0. The van der Waals surface area contributed by atoms with Gasteiger partial charge in [-0.1, -0.05) is 0 Å². The Morgan fingerprint density at radius 2 is 1.20 bits per heavy atom. The summed E-state index contributed by atoms with van der Waals surface area (Å²) in [4.78, 5) is 0. The van der Waals surface area contributed by atoms with Crippen molar-refractivity contribution in [3.63, 3.8) is 0 Å². The summed E-state index contributed by atoms with van der Waals surface area (Å²) in [5.74, 6) is 0. The molecule has 0 aliphatic carbocycles. The van der Waals surface area contributed by atoms with Crippen molar-refractivity contribution in [2.24, 2.45) is 0 Å². The largest absolute Gasteiger partial charge is 4.00 e. The third-order valence-corrected chi connectivity index (χ3v) is 0.0500. The Balaban J connectivity index is 0. The Labute approximate surface area is 41.9 Å². The van der Waals surface area contributed by atoms with E-state index < -0.39 is 0 Å². The molecule has 0 amide bonds. The molecule has 0 aliphatic heterocycles. The number of nitriles is 2. The molecule has 0 atom stereocenters. The molecule has 1 radical (unpaired) electrons.